The molecule has 0 atom stereocenters. The second kappa shape index (κ2) is 4.09. The lowest BCUT2D eigenvalue weighted by Gasteiger charge is -2.11. The molecule has 0 saturated heterocycles. The molecule has 0 unspecified atom stereocenters. The van der Waals surface area contributed by atoms with Gasteiger partial charge in [-0.1, -0.05) is 46.4 Å². The Morgan fingerprint density at radius 2 is 1.92 bits per heavy atom. The summed E-state index contributed by atoms with van der Waals surface area (Å²) in [5.41, 5.74) is 0.238. The highest BCUT2D eigenvalue weighted by molar-refractivity contribution is 6.66. The molecular formula is C7H5Cl4NO. The largest absolute Gasteiger partial charge is 0.497 e. The number of halogens is 4. The predicted octanol–water partition coefficient (Wildman–Crippen LogP) is 3.57. The van der Waals surface area contributed by atoms with E-state index in [4.69, 9.17) is 51.1 Å². The van der Waals surface area contributed by atoms with E-state index in [1.807, 2.05) is 0 Å². The maximum Gasteiger partial charge on any atom is 0.232 e. The number of hydrogen-bond acceptors (Lipinski definition) is 2. The molecule has 0 N–H and O–H groups in total. The quantitative estimate of drug-likeness (QED) is 0.569. The second-order valence-electron chi connectivity index (χ2n) is 2.21. The van der Waals surface area contributed by atoms with Crippen molar-refractivity contribution >= 4 is 46.4 Å². The zero-order valence-corrected chi connectivity index (χ0v) is 9.55. The van der Waals surface area contributed by atoms with E-state index in [2.05, 4.69) is 4.98 Å². The van der Waals surface area contributed by atoms with Gasteiger partial charge in [0.05, 0.1) is 12.8 Å². The van der Waals surface area contributed by atoms with Crippen LogP contribution in [0.4, 0.5) is 0 Å². The highest BCUT2D eigenvalue weighted by Crippen LogP contribution is 2.38. The molecule has 13 heavy (non-hydrogen) atoms. The molecule has 1 rings (SSSR count). The van der Waals surface area contributed by atoms with Gasteiger partial charge in [-0.05, 0) is 0 Å². The Labute approximate surface area is 95.7 Å². The Morgan fingerprint density at radius 3 is 2.38 bits per heavy atom. The molecule has 6 heteroatoms. The summed E-state index contributed by atoms with van der Waals surface area (Å²) in [4.78, 5) is 3.84. The highest BCUT2D eigenvalue weighted by Gasteiger charge is 2.25. The SMILES string of the molecule is COc1cc(Cl)nc(C(Cl)(Cl)Cl)c1. The van der Waals surface area contributed by atoms with E-state index in [1.165, 1.54) is 19.2 Å². The molecule has 0 saturated carbocycles. The molecule has 0 spiro atoms. The second-order valence-corrected chi connectivity index (χ2v) is 4.88. The van der Waals surface area contributed by atoms with Gasteiger partial charge in [-0.3, -0.25) is 0 Å². The molecular weight excluding hydrogens is 256 g/mol. The van der Waals surface area contributed by atoms with E-state index in [0.717, 1.165) is 0 Å². The molecule has 2 nitrogen and oxygen atoms in total. The summed E-state index contributed by atoms with van der Waals surface area (Å²) in [5, 5.41) is 0.223. The highest BCUT2D eigenvalue weighted by atomic mass is 35.6. The average molecular weight is 261 g/mol. The normalized spacial score (nSPS) is 11.5. The van der Waals surface area contributed by atoms with Crippen LogP contribution in [-0.2, 0) is 3.79 Å². The lowest BCUT2D eigenvalue weighted by atomic mass is 10.3. The van der Waals surface area contributed by atoms with Gasteiger partial charge in [0.1, 0.15) is 10.9 Å². The van der Waals surface area contributed by atoms with Crippen LogP contribution >= 0.6 is 46.4 Å². The minimum atomic E-state index is -1.59. The van der Waals surface area contributed by atoms with E-state index >= 15 is 0 Å². The van der Waals surface area contributed by atoms with Crippen molar-refractivity contribution in [3.05, 3.63) is 23.0 Å². The summed E-state index contributed by atoms with van der Waals surface area (Å²) in [6.45, 7) is 0. The van der Waals surface area contributed by atoms with Gasteiger partial charge in [0.2, 0.25) is 3.79 Å². The number of ether oxygens (including phenoxy) is 1. The standard InChI is InChI=1S/C7H5Cl4NO/c1-13-4-2-5(7(9,10)11)12-6(8)3-4/h2-3H,1H3. The first-order valence-electron chi connectivity index (χ1n) is 3.22. The molecule has 1 heterocycles. The van der Waals surface area contributed by atoms with Gasteiger partial charge in [-0.15, -0.1) is 0 Å². The number of nitrogens with zero attached hydrogens (tertiary/aromatic N) is 1. The molecule has 0 radical (unpaired) electrons. The topological polar surface area (TPSA) is 22.1 Å². The average Bonchev–Trinajstić information content (AvgIpc) is 2.01. The zero-order valence-electron chi connectivity index (χ0n) is 6.52. The lowest BCUT2D eigenvalue weighted by molar-refractivity contribution is 0.413. The van der Waals surface area contributed by atoms with Crippen LogP contribution in [0.1, 0.15) is 5.69 Å². The fourth-order valence-corrected chi connectivity index (χ4v) is 1.23. The van der Waals surface area contributed by atoms with Crippen molar-refractivity contribution < 1.29 is 4.74 Å². The van der Waals surface area contributed by atoms with E-state index < -0.39 is 3.79 Å². The third-order valence-corrected chi connectivity index (χ3v) is 2.07. The first-order valence-corrected chi connectivity index (χ1v) is 4.73. The maximum atomic E-state index is 5.67. The Hall–Kier alpha value is 0.110. The van der Waals surface area contributed by atoms with Crippen LogP contribution < -0.4 is 4.74 Å². The predicted molar refractivity (Wildman–Crippen MR) is 55.0 cm³/mol. The van der Waals surface area contributed by atoms with Gasteiger partial charge in [0.15, 0.2) is 0 Å². The number of methoxy groups -OCH3 is 1. The molecule has 0 aliphatic heterocycles. The smallest absolute Gasteiger partial charge is 0.232 e. The van der Waals surface area contributed by atoms with Crippen LogP contribution in [0, 0.1) is 0 Å². The first-order chi connectivity index (χ1) is 5.93. The van der Waals surface area contributed by atoms with Crippen molar-refractivity contribution in [2.75, 3.05) is 7.11 Å². The van der Waals surface area contributed by atoms with E-state index in [9.17, 15) is 0 Å². The van der Waals surface area contributed by atoms with Gasteiger partial charge in [-0.2, -0.15) is 0 Å². The Morgan fingerprint density at radius 1 is 1.31 bits per heavy atom. The summed E-state index contributed by atoms with van der Waals surface area (Å²) >= 11 is 22.5. The van der Waals surface area contributed by atoms with Crippen molar-refractivity contribution in [2.24, 2.45) is 0 Å². The van der Waals surface area contributed by atoms with Gasteiger partial charge in [-0.25, -0.2) is 4.98 Å². The molecule has 0 aromatic carbocycles. The van der Waals surface area contributed by atoms with Crippen LogP contribution in [0.15, 0.2) is 12.1 Å². The third-order valence-electron chi connectivity index (χ3n) is 1.29. The van der Waals surface area contributed by atoms with Crippen LogP contribution in [0.2, 0.25) is 5.15 Å². The molecule has 0 aliphatic carbocycles. The van der Waals surface area contributed by atoms with Crippen molar-refractivity contribution in [1.29, 1.82) is 0 Å². The maximum absolute atomic E-state index is 5.67. The molecule has 0 aliphatic rings. The van der Waals surface area contributed by atoms with E-state index in [-0.39, 0.29) is 10.8 Å². The molecule has 0 bridgehead atoms. The molecule has 0 amide bonds. The van der Waals surface area contributed by atoms with Crippen molar-refractivity contribution in [2.45, 2.75) is 3.79 Å². The minimum Gasteiger partial charge on any atom is -0.497 e. The van der Waals surface area contributed by atoms with Crippen molar-refractivity contribution in [3.63, 3.8) is 0 Å². The Bertz CT molecular complexity index is 310. The van der Waals surface area contributed by atoms with Gasteiger partial charge in [0, 0.05) is 12.1 Å². The first kappa shape index (κ1) is 11.2. The lowest BCUT2D eigenvalue weighted by Crippen LogP contribution is -2.04. The Balaban J connectivity index is 3.16. The van der Waals surface area contributed by atoms with Gasteiger partial charge in [0.25, 0.3) is 0 Å². The van der Waals surface area contributed by atoms with Crippen LogP contribution in [0.25, 0.3) is 0 Å². The Kier molecular flexibility index (Phi) is 3.52. The van der Waals surface area contributed by atoms with E-state index in [1.54, 1.807) is 0 Å². The van der Waals surface area contributed by atoms with Crippen LogP contribution in [-0.4, -0.2) is 12.1 Å². The summed E-state index contributed by atoms with van der Waals surface area (Å²) in [5.74, 6) is 0.501. The summed E-state index contributed by atoms with van der Waals surface area (Å²) in [6.07, 6.45) is 0. The third kappa shape index (κ3) is 3.06. The van der Waals surface area contributed by atoms with Gasteiger partial charge >= 0.3 is 0 Å². The van der Waals surface area contributed by atoms with Crippen molar-refractivity contribution in [1.82, 2.24) is 4.98 Å². The summed E-state index contributed by atoms with van der Waals surface area (Å²) in [6, 6.07) is 3.04. The number of hydrogen-bond donors (Lipinski definition) is 0. The van der Waals surface area contributed by atoms with E-state index in [0.29, 0.717) is 5.75 Å². The minimum absolute atomic E-state index is 0.223. The van der Waals surface area contributed by atoms with Crippen LogP contribution in [0.3, 0.4) is 0 Å². The number of aromatic nitrogens is 1. The fourth-order valence-electron chi connectivity index (χ4n) is 0.736. The van der Waals surface area contributed by atoms with Gasteiger partial charge < -0.3 is 4.74 Å². The summed E-state index contributed by atoms with van der Waals surface area (Å²) in [7, 11) is 1.49. The molecule has 0 fully saturated rings. The molecule has 1 aromatic heterocycles. The number of alkyl halides is 3. The summed E-state index contributed by atoms with van der Waals surface area (Å²) < 4.78 is 3.35. The number of pyridine rings is 1. The molecule has 1 aromatic rings. The zero-order chi connectivity index (χ0) is 10.1. The molecule has 72 valence electrons. The monoisotopic (exact) mass is 259 g/mol. The van der Waals surface area contributed by atoms with Crippen molar-refractivity contribution in [3.8, 4) is 5.75 Å². The number of rotatable bonds is 1. The van der Waals surface area contributed by atoms with Crippen LogP contribution in [0.5, 0.6) is 5.75 Å². The fraction of sp³-hybridized carbons (Fsp3) is 0.286.